The van der Waals surface area contributed by atoms with E-state index in [1.807, 2.05) is 0 Å². The van der Waals surface area contributed by atoms with Crippen LogP contribution in [0.1, 0.15) is 47.5 Å². The average Bonchev–Trinajstić information content (AvgIpc) is 2.54. The van der Waals surface area contributed by atoms with Crippen LogP contribution in [-0.4, -0.2) is 43.4 Å². The number of amides is 1. The zero-order valence-electron chi connectivity index (χ0n) is 16.4. The molecule has 0 aromatic carbocycles. The molecule has 0 radical (unpaired) electrons. The molecule has 0 bridgehead atoms. The maximum atomic E-state index is 12.4. The number of alkyl carbamates (subject to hydrolysis) is 1. The molecular weight excluding hydrogens is 338 g/mol. The molecule has 148 valence electrons. The van der Waals surface area contributed by atoms with Gasteiger partial charge in [-0.15, -0.1) is 0 Å². The number of allylic oxidation sites excluding steroid dienone is 1. The van der Waals surface area contributed by atoms with Crippen molar-refractivity contribution in [3.8, 4) is 0 Å². The number of nitrogens with one attached hydrogen (secondary N) is 1. The lowest BCUT2D eigenvalue weighted by Crippen LogP contribution is -2.40. The molecule has 0 aliphatic rings. The Balaban J connectivity index is 4.75. The van der Waals surface area contributed by atoms with Crippen molar-refractivity contribution in [1.29, 1.82) is 0 Å². The second kappa shape index (κ2) is 11.3. The molecule has 0 rings (SSSR count). The van der Waals surface area contributed by atoms with Crippen LogP contribution in [0.15, 0.2) is 24.8 Å². The van der Waals surface area contributed by atoms with E-state index in [2.05, 4.69) is 11.9 Å². The Hall–Kier alpha value is -2.31. The molecule has 0 fully saturated rings. The second-order valence-electron chi connectivity index (χ2n) is 6.92. The van der Waals surface area contributed by atoms with E-state index < -0.39 is 29.0 Å². The topological polar surface area (TPSA) is 90.9 Å². The van der Waals surface area contributed by atoms with E-state index in [9.17, 15) is 14.4 Å². The summed E-state index contributed by atoms with van der Waals surface area (Å²) in [4.78, 5) is 36.3. The molecule has 0 saturated carbocycles. The number of ether oxygens (including phenoxy) is 3. The van der Waals surface area contributed by atoms with Crippen LogP contribution in [0.5, 0.6) is 0 Å². The van der Waals surface area contributed by atoms with Gasteiger partial charge < -0.3 is 19.5 Å². The van der Waals surface area contributed by atoms with Gasteiger partial charge in [-0.1, -0.05) is 24.8 Å². The molecule has 0 spiro atoms. The Bertz CT molecular complexity index is 521. The predicted molar refractivity (Wildman–Crippen MR) is 98.5 cm³/mol. The Morgan fingerprint density at radius 1 is 1.04 bits per heavy atom. The summed E-state index contributed by atoms with van der Waals surface area (Å²) in [6.07, 6.45) is 4.81. The highest BCUT2D eigenvalue weighted by Crippen LogP contribution is 2.27. The highest BCUT2D eigenvalue weighted by Gasteiger charge is 2.43. The van der Waals surface area contributed by atoms with Crippen LogP contribution in [0.2, 0.25) is 0 Å². The molecule has 1 unspecified atom stereocenters. The second-order valence-corrected chi connectivity index (χ2v) is 6.92. The van der Waals surface area contributed by atoms with Gasteiger partial charge in [0.25, 0.3) is 0 Å². The molecule has 0 saturated heterocycles. The smallest absolute Gasteiger partial charge is 0.407 e. The van der Waals surface area contributed by atoms with Gasteiger partial charge in [0.2, 0.25) is 0 Å². The number of rotatable bonds is 10. The van der Waals surface area contributed by atoms with Gasteiger partial charge in [-0.2, -0.15) is 0 Å². The summed E-state index contributed by atoms with van der Waals surface area (Å²) < 4.78 is 15.3. The van der Waals surface area contributed by atoms with Crippen molar-refractivity contribution < 1.29 is 28.6 Å². The predicted octanol–water partition coefficient (Wildman–Crippen LogP) is 3.15. The van der Waals surface area contributed by atoms with Crippen molar-refractivity contribution in [2.24, 2.45) is 5.41 Å². The van der Waals surface area contributed by atoms with Gasteiger partial charge in [-0.25, -0.2) is 4.79 Å². The van der Waals surface area contributed by atoms with Crippen molar-refractivity contribution in [2.45, 2.75) is 53.1 Å². The lowest BCUT2D eigenvalue weighted by Gasteiger charge is -2.25. The van der Waals surface area contributed by atoms with E-state index in [-0.39, 0.29) is 26.2 Å². The first-order valence-electron chi connectivity index (χ1n) is 8.60. The summed E-state index contributed by atoms with van der Waals surface area (Å²) in [5, 5.41) is 2.59. The Labute approximate surface area is 155 Å². The Kier molecular flexibility index (Phi) is 10.3. The molecule has 1 N–H and O–H groups in total. The lowest BCUT2D eigenvalue weighted by atomic mass is 9.85. The number of carbonyl (C=O) groups is 3. The molecular formula is C19H31NO6. The minimum Gasteiger partial charge on any atom is -0.461 e. The van der Waals surface area contributed by atoms with Crippen LogP contribution in [0, 0.1) is 5.41 Å². The monoisotopic (exact) mass is 369 g/mol. The van der Waals surface area contributed by atoms with Crippen LogP contribution in [0.3, 0.4) is 0 Å². The third-order valence-corrected chi connectivity index (χ3v) is 3.30. The van der Waals surface area contributed by atoms with Crippen molar-refractivity contribution in [3.05, 3.63) is 24.8 Å². The number of carbonyl (C=O) groups excluding carboxylic acids is 3. The van der Waals surface area contributed by atoms with E-state index >= 15 is 0 Å². The van der Waals surface area contributed by atoms with E-state index in [4.69, 9.17) is 14.2 Å². The molecule has 7 heteroatoms. The largest absolute Gasteiger partial charge is 0.461 e. The molecule has 0 heterocycles. The first-order valence-corrected chi connectivity index (χ1v) is 8.60. The van der Waals surface area contributed by atoms with Gasteiger partial charge in [0.1, 0.15) is 18.8 Å². The van der Waals surface area contributed by atoms with Crippen molar-refractivity contribution in [2.75, 3.05) is 19.8 Å². The summed E-state index contributed by atoms with van der Waals surface area (Å²) in [6, 6.07) is 0. The maximum Gasteiger partial charge on any atom is 0.407 e. The number of esters is 2. The van der Waals surface area contributed by atoms with Gasteiger partial charge >= 0.3 is 18.0 Å². The lowest BCUT2D eigenvalue weighted by molar-refractivity contribution is -0.170. The van der Waals surface area contributed by atoms with E-state index in [0.717, 1.165) is 0 Å². The molecule has 7 nitrogen and oxygen atoms in total. The quantitative estimate of drug-likeness (QED) is 0.209. The van der Waals surface area contributed by atoms with Crippen molar-refractivity contribution >= 4 is 18.0 Å². The number of hydrogen-bond acceptors (Lipinski definition) is 6. The molecule has 0 aliphatic carbocycles. The first kappa shape index (κ1) is 23.7. The summed E-state index contributed by atoms with van der Waals surface area (Å²) in [5.41, 5.74) is -2.05. The average molecular weight is 369 g/mol. The van der Waals surface area contributed by atoms with E-state index in [1.54, 1.807) is 39.8 Å². The van der Waals surface area contributed by atoms with E-state index in [0.29, 0.717) is 6.42 Å². The molecule has 0 aromatic rings. The Morgan fingerprint density at radius 2 is 1.62 bits per heavy atom. The first-order chi connectivity index (χ1) is 12.1. The minimum atomic E-state index is -1.46. The highest BCUT2D eigenvalue weighted by molar-refractivity contribution is 5.99. The van der Waals surface area contributed by atoms with Crippen LogP contribution in [0.4, 0.5) is 4.79 Å². The maximum absolute atomic E-state index is 12.4. The summed E-state index contributed by atoms with van der Waals surface area (Å²) in [6.45, 7) is 12.4. The van der Waals surface area contributed by atoms with Crippen LogP contribution >= 0.6 is 0 Å². The molecule has 1 amide bonds. The van der Waals surface area contributed by atoms with E-state index in [1.165, 1.54) is 13.0 Å². The number of hydrogen-bond donors (Lipinski definition) is 1. The fourth-order valence-corrected chi connectivity index (χ4v) is 1.91. The van der Waals surface area contributed by atoms with Gasteiger partial charge in [0, 0.05) is 6.54 Å². The Morgan fingerprint density at radius 3 is 2.12 bits per heavy atom. The zero-order chi connectivity index (χ0) is 20.2. The standard InChI is InChI=1S/C19H31NO6/c1-7-9-14-25-16(22)19(6,15(21)24-13-8-2)11-10-12-20-17(23)26-18(3,4)5/h7-9H,2,10-14H2,1,3-6H3,(H,20,23)/b9-7+. The molecule has 26 heavy (non-hydrogen) atoms. The van der Waals surface area contributed by atoms with Crippen LogP contribution in [0.25, 0.3) is 0 Å². The zero-order valence-corrected chi connectivity index (χ0v) is 16.4. The molecule has 0 aromatic heterocycles. The van der Waals surface area contributed by atoms with Gasteiger partial charge in [0.05, 0.1) is 0 Å². The third-order valence-electron chi connectivity index (χ3n) is 3.30. The summed E-state index contributed by atoms with van der Waals surface area (Å²) >= 11 is 0. The van der Waals surface area contributed by atoms with Crippen molar-refractivity contribution in [1.82, 2.24) is 5.32 Å². The van der Waals surface area contributed by atoms with Gasteiger partial charge in [0.15, 0.2) is 5.41 Å². The third kappa shape index (κ3) is 9.25. The normalized spacial score (nSPS) is 13.6. The van der Waals surface area contributed by atoms with Crippen LogP contribution < -0.4 is 5.32 Å². The molecule has 1 atom stereocenters. The van der Waals surface area contributed by atoms with Gasteiger partial charge in [-0.05, 0) is 47.5 Å². The van der Waals surface area contributed by atoms with Crippen LogP contribution in [-0.2, 0) is 23.8 Å². The summed E-state index contributed by atoms with van der Waals surface area (Å²) in [5.74, 6) is -1.35. The van der Waals surface area contributed by atoms with Crippen molar-refractivity contribution in [3.63, 3.8) is 0 Å². The highest BCUT2D eigenvalue weighted by atomic mass is 16.6. The SMILES string of the molecule is C=CCOC(=O)C(C)(CCCNC(=O)OC(C)(C)C)C(=O)OC/C=C/C. The molecule has 0 aliphatic heterocycles. The van der Waals surface area contributed by atoms with Gasteiger partial charge in [-0.3, -0.25) is 9.59 Å². The fourth-order valence-electron chi connectivity index (χ4n) is 1.91. The fraction of sp³-hybridized carbons (Fsp3) is 0.632. The minimum absolute atomic E-state index is 0.00667. The summed E-state index contributed by atoms with van der Waals surface area (Å²) in [7, 11) is 0.